The van der Waals surface area contributed by atoms with Crippen LogP contribution in [-0.2, 0) is 14.3 Å². The van der Waals surface area contributed by atoms with Crippen LogP contribution in [-0.4, -0.2) is 79.2 Å². The SMILES string of the molecule is O=C(CCN(O)O)OC1C(O)C(CO)OC(n2ccc(=O)o2)C1O. The lowest BCUT2D eigenvalue weighted by Gasteiger charge is -2.41. The maximum atomic E-state index is 11.7. The molecule has 12 nitrogen and oxygen atoms in total. The van der Waals surface area contributed by atoms with Crippen molar-refractivity contribution in [1.29, 1.82) is 0 Å². The molecule has 136 valence electrons. The van der Waals surface area contributed by atoms with Crippen LogP contribution in [0.15, 0.2) is 21.6 Å². The van der Waals surface area contributed by atoms with Gasteiger partial charge in [-0.1, -0.05) is 5.23 Å². The highest BCUT2D eigenvalue weighted by atomic mass is 16.8. The van der Waals surface area contributed by atoms with Gasteiger partial charge in [0.25, 0.3) is 0 Å². The Morgan fingerprint density at radius 2 is 2.04 bits per heavy atom. The number of ether oxygens (including phenoxy) is 2. The van der Waals surface area contributed by atoms with Crippen LogP contribution in [0.5, 0.6) is 0 Å². The van der Waals surface area contributed by atoms with Crippen molar-refractivity contribution >= 4 is 5.97 Å². The van der Waals surface area contributed by atoms with E-state index in [2.05, 4.69) is 0 Å². The molecule has 0 radical (unpaired) electrons. The first-order chi connectivity index (χ1) is 11.3. The average Bonchev–Trinajstić information content (AvgIpc) is 2.96. The fraction of sp³-hybridized carbons (Fsp3) is 0.667. The Balaban J connectivity index is 2.14. The fourth-order valence-electron chi connectivity index (χ4n) is 2.25. The van der Waals surface area contributed by atoms with E-state index in [9.17, 15) is 24.9 Å². The van der Waals surface area contributed by atoms with Gasteiger partial charge in [-0.25, -0.2) is 4.79 Å². The molecule has 0 spiro atoms. The smallest absolute Gasteiger partial charge is 0.357 e. The van der Waals surface area contributed by atoms with Gasteiger partial charge in [0.1, 0.15) is 18.3 Å². The molecule has 0 bridgehead atoms. The van der Waals surface area contributed by atoms with E-state index in [-0.39, 0.29) is 5.23 Å². The highest BCUT2D eigenvalue weighted by Crippen LogP contribution is 2.30. The molecular weight excluding hydrogens is 332 g/mol. The Labute approximate surface area is 134 Å². The standard InChI is InChI=1S/C12H18N2O10/c15-5-6-9(18)11(23-7(16)2-4-14(20)21)10(19)12(22-6)13-3-1-8(17)24-13/h1,3,6,9-12,15,18-21H,2,4-5H2. The summed E-state index contributed by atoms with van der Waals surface area (Å²) in [6.07, 6.45) is -6.44. The zero-order chi connectivity index (χ0) is 17.9. The second-order valence-electron chi connectivity index (χ2n) is 5.12. The van der Waals surface area contributed by atoms with Gasteiger partial charge in [0.05, 0.1) is 19.6 Å². The number of esters is 1. The van der Waals surface area contributed by atoms with Gasteiger partial charge in [-0.2, -0.15) is 4.74 Å². The van der Waals surface area contributed by atoms with Crippen molar-refractivity contribution in [3.8, 4) is 0 Å². The molecule has 0 saturated carbocycles. The first-order valence-corrected chi connectivity index (χ1v) is 6.99. The molecule has 1 fully saturated rings. The van der Waals surface area contributed by atoms with Crippen LogP contribution in [0.4, 0.5) is 0 Å². The average molecular weight is 350 g/mol. The molecule has 0 aromatic carbocycles. The Kier molecular flexibility index (Phi) is 6.06. The number of nitrogens with zero attached hydrogens (tertiary/aromatic N) is 2. The Hall–Kier alpha value is -1.80. The van der Waals surface area contributed by atoms with Gasteiger partial charge in [-0.3, -0.25) is 15.2 Å². The second kappa shape index (κ2) is 7.85. The molecule has 1 aromatic rings. The third kappa shape index (κ3) is 4.18. The zero-order valence-corrected chi connectivity index (χ0v) is 12.3. The summed E-state index contributed by atoms with van der Waals surface area (Å²) >= 11 is 0. The van der Waals surface area contributed by atoms with E-state index in [1.54, 1.807) is 0 Å². The fourth-order valence-corrected chi connectivity index (χ4v) is 2.25. The largest absolute Gasteiger partial charge is 0.456 e. The van der Waals surface area contributed by atoms with Crippen LogP contribution in [0.25, 0.3) is 0 Å². The molecule has 1 aromatic heterocycles. The maximum Gasteiger partial charge on any atom is 0.357 e. The topological polar surface area (TPSA) is 175 Å². The van der Waals surface area contributed by atoms with Crippen LogP contribution in [0.2, 0.25) is 0 Å². The van der Waals surface area contributed by atoms with Crippen molar-refractivity contribution in [3.63, 3.8) is 0 Å². The number of hydroxylamine groups is 2. The van der Waals surface area contributed by atoms with E-state index >= 15 is 0 Å². The minimum absolute atomic E-state index is 0.216. The number of aromatic nitrogens is 1. The van der Waals surface area contributed by atoms with Gasteiger partial charge in [0.2, 0.25) is 0 Å². The van der Waals surface area contributed by atoms with Gasteiger partial charge in [0, 0.05) is 12.3 Å². The summed E-state index contributed by atoms with van der Waals surface area (Å²) in [5.74, 6) is -0.933. The van der Waals surface area contributed by atoms with Crippen LogP contribution in [0, 0.1) is 0 Å². The van der Waals surface area contributed by atoms with Gasteiger partial charge in [-0.15, -0.1) is 0 Å². The summed E-state index contributed by atoms with van der Waals surface area (Å²) in [4.78, 5) is 22.8. The van der Waals surface area contributed by atoms with Gasteiger partial charge in [-0.05, 0) is 0 Å². The van der Waals surface area contributed by atoms with Crippen molar-refractivity contribution in [3.05, 3.63) is 22.7 Å². The zero-order valence-electron chi connectivity index (χ0n) is 12.3. The van der Waals surface area contributed by atoms with Crippen molar-refractivity contribution < 1.29 is 44.5 Å². The maximum absolute atomic E-state index is 11.7. The quantitative estimate of drug-likeness (QED) is 0.269. The van der Waals surface area contributed by atoms with Crippen LogP contribution in [0.1, 0.15) is 12.6 Å². The summed E-state index contributed by atoms with van der Waals surface area (Å²) in [5.41, 5.74) is -0.711. The predicted octanol–water partition coefficient (Wildman–Crippen LogP) is -2.56. The van der Waals surface area contributed by atoms with Gasteiger partial charge in [0.15, 0.2) is 12.3 Å². The molecular formula is C12H18N2O10. The number of carbonyl (C=O) groups is 1. The summed E-state index contributed by atoms with van der Waals surface area (Å²) in [6.45, 7) is -1.10. The molecule has 5 unspecified atom stereocenters. The first-order valence-electron chi connectivity index (χ1n) is 6.99. The van der Waals surface area contributed by atoms with E-state index < -0.39 is 61.8 Å². The lowest BCUT2D eigenvalue weighted by atomic mass is 9.98. The number of hydrogen-bond acceptors (Lipinski definition) is 11. The molecule has 2 heterocycles. The molecule has 1 saturated heterocycles. The third-order valence-corrected chi connectivity index (χ3v) is 3.43. The molecule has 2 rings (SSSR count). The monoisotopic (exact) mass is 350 g/mol. The normalized spacial score (nSPS) is 30.5. The molecule has 0 aliphatic carbocycles. The minimum atomic E-state index is -1.61. The molecule has 5 atom stereocenters. The van der Waals surface area contributed by atoms with E-state index in [1.165, 1.54) is 6.20 Å². The van der Waals surface area contributed by atoms with Crippen molar-refractivity contribution in [1.82, 2.24) is 9.97 Å². The van der Waals surface area contributed by atoms with Crippen molar-refractivity contribution in [2.24, 2.45) is 0 Å². The van der Waals surface area contributed by atoms with E-state index in [4.69, 9.17) is 24.4 Å². The summed E-state index contributed by atoms with van der Waals surface area (Å²) < 4.78 is 15.8. The second-order valence-corrected chi connectivity index (χ2v) is 5.12. The molecule has 5 N–H and O–H groups in total. The third-order valence-electron chi connectivity index (χ3n) is 3.43. The molecule has 24 heavy (non-hydrogen) atoms. The summed E-state index contributed by atoms with van der Waals surface area (Å²) in [7, 11) is 0. The summed E-state index contributed by atoms with van der Waals surface area (Å²) in [6, 6.07) is 1.06. The van der Waals surface area contributed by atoms with Crippen molar-refractivity contribution in [2.45, 2.75) is 37.1 Å². The summed E-state index contributed by atoms with van der Waals surface area (Å²) in [5, 5.41) is 46.5. The Morgan fingerprint density at radius 1 is 1.33 bits per heavy atom. The highest BCUT2D eigenvalue weighted by Gasteiger charge is 2.48. The molecule has 12 heteroatoms. The lowest BCUT2D eigenvalue weighted by Crippen LogP contribution is -2.58. The lowest BCUT2D eigenvalue weighted by molar-refractivity contribution is -0.307. The van der Waals surface area contributed by atoms with E-state index in [1.807, 2.05) is 0 Å². The molecule has 1 aliphatic rings. The first kappa shape index (κ1) is 18.5. The minimum Gasteiger partial charge on any atom is -0.456 e. The van der Waals surface area contributed by atoms with E-state index in [0.717, 1.165) is 10.8 Å². The van der Waals surface area contributed by atoms with Crippen LogP contribution >= 0.6 is 0 Å². The number of aliphatic hydroxyl groups is 3. The Bertz CT molecular complexity index is 599. The number of carbonyl (C=O) groups excluding carboxylic acids is 1. The van der Waals surface area contributed by atoms with Gasteiger partial charge >= 0.3 is 11.6 Å². The molecule has 1 aliphatic heterocycles. The van der Waals surface area contributed by atoms with E-state index in [0.29, 0.717) is 0 Å². The predicted molar refractivity (Wildman–Crippen MR) is 70.8 cm³/mol. The number of hydrogen-bond donors (Lipinski definition) is 5. The van der Waals surface area contributed by atoms with Gasteiger partial charge < -0.3 is 29.3 Å². The molecule has 0 amide bonds. The van der Waals surface area contributed by atoms with Crippen molar-refractivity contribution in [2.75, 3.05) is 13.2 Å². The number of aliphatic hydroxyl groups excluding tert-OH is 3. The van der Waals surface area contributed by atoms with Crippen LogP contribution in [0.3, 0.4) is 0 Å². The highest BCUT2D eigenvalue weighted by molar-refractivity contribution is 5.69. The number of rotatable bonds is 6. The Morgan fingerprint density at radius 3 is 2.58 bits per heavy atom. The van der Waals surface area contributed by atoms with Crippen LogP contribution < -0.4 is 5.63 Å².